The van der Waals surface area contributed by atoms with Crippen molar-refractivity contribution in [2.24, 2.45) is 15.9 Å². The van der Waals surface area contributed by atoms with Crippen LogP contribution in [0.5, 0.6) is 0 Å². The first-order chi connectivity index (χ1) is 6.75. The first kappa shape index (κ1) is 12.5. The number of rotatable bonds is 1. The largest absolute Gasteiger partial charge is 0.377 e. The quantitative estimate of drug-likeness (QED) is 0.867. The fourth-order valence-electron chi connectivity index (χ4n) is 1.09. The van der Waals surface area contributed by atoms with Gasteiger partial charge in [-0.2, -0.15) is 5.10 Å². The third-order valence-electron chi connectivity index (χ3n) is 1.80. The normalized spacial score (nSPS) is 15.0. The maximum absolute atomic E-state index is 5.50. The number of halogens is 2. The molecular weight excluding hydrogens is 298 g/mol. The van der Waals surface area contributed by atoms with Crippen molar-refractivity contribution in [3.05, 3.63) is 34.3 Å². The fraction of sp³-hybridized carbons (Fsp3) is 0.111. The highest BCUT2D eigenvalue weighted by Gasteiger charge is 2.09. The van der Waals surface area contributed by atoms with E-state index in [1.165, 1.54) is 11.8 Å². The van der Waals surface area contributed by atoms with Crippen molar-refractivity contribution in [2.75, 3.05) is 5.75 Å². The molecule has 1 heterocycles. The standard InChI is InChI=1S/C9H8BrN3S.ClH/c10-7-3-1-6(2-4-7)8-5-14-9(11)13-12-8;/h1-4H,5H2,(H2,11,13);1H. The molecule has 0 aromatic heterocycles. The molecule has 0 bridgehead atoms. The van der Waals surface area contributed by atoms with Crippen molar-refractivity contribution in [2.45, 2.75) is 0 Å². The molecule has 0 saturated heterocycles. The minimum absolute atomic E-state index is 0. The zero-order chi connectivity index (χ0) is 9.97. The monoisotopic (exact) mass is 305 g/mol. The van der Waals surface area contributed by atoms with Gasteiger partial charge >= 0.3 is 0 Å². The first-order valence-electron chi connectivity index (χ1n) is 4.04. The van der Waals surface area contributed by atoms with Crippen molar-refractivity contribution in [3.63, 3.8) is 0 Å². The fourth-order valence-corrected chi connectivity index (χ4v) is 1.96. The van der Waals surface area contributed by atoms with Crippen LogP contribution in [0.4, 0.5) is 0 Å². The Morgan fingerprint density at radius 3 is 2.40 bits per heavy atom. The van der Waals surface area contributed by atoms with Gasteiger partial charge in [0.2, 0.25) is 0 Å². The average molecular weight is 307 g/mol. The van der Waals surface area contributed by atoms with E-state index < -0.39 is 0 Å². The first-order valence-corrected chi connectivity index (χ1v) is 5.82. The van der Waals surface area contributed by atoms with Gasteiger partial charge in [-0.25, -0.2) is 0 Å². The van der Waals surface area contributed by atoms with Crippen LogP contribution in [0.3, 0.4) is 0 Å². The smallest absolute Gasteiger partial charge is 0.180 e. The summed E-state index contributed by atoms with van der Waals surface area (Å²) in [5.41, 5.74) is 7.56. The summed E-state index contributed by atoms with van der Waals surface area (Å²) in [4.78, 5) is 0. The van der Waals surface area contributed by atoms with Crippen molar-refractivity contribution in [1.29, 1.82) is 0 Å². The molecule has 15 heavy (non-hydrogen) atoms. The van der Waals surface area contributed by atoms with E-state index in [0.717, 1.165) is 21.5 Å². The van der Waals surface area contributed by atoms with Crippen molar-refractivity contribution in [1.82, 2.24) is 0 Å². The molecule has 6 heteroatoms. The van der Waals surface area contributed by atoms with Gasteiger partial charge in [0.25, 0.3) is 0 Å². The summed E-state index contributed by atoms with van der Waals surface area (Å²) in [6.45, 7) is 0. The molecule has 0 aliphatic carbocycles. The van der Waals surface area contributed by atoms with Gasteiger partial charge in [-0.3, -0.25) is 0 Å². The Hall–Kier alpha value is -0.520. The molecule has 3 nitrogen and oxygen atoms in total. The summed E-state index contributed by atoms with van der Waals surface area (Å²) in [7, 11) is 0. The van der Waals surface area contributed by atoms with E-state index in [-0.39, 0.29) is 12.4 Å². The molecule has 1 aliphatic rings. The SMILES string of the molecule is Cl.NC1=NN=C(c2ccc(Br)cc2)CS1. The van der Waals surface area contributed by atoms with Gasteiger partial charge < -0.3 is 5.73 Å². The van der Waals surface area contributed by atoms with Crippen molar-refractivity contribution >= 4 is 51.0 Å². The molecule has 0 fully saturated rings. The molecule has 1 aliphatic heterocycles. The molecule has 0 saturated carbocycles. The van der Waals surface area contributed by atoms with E-state index in [1.54, 1.807) is 0 Å². The number of nitrogens with two attached hydrogens (primary N) is 1. The van der Waals surface area contributed by atoms with E-state index in [4.69, 9.17) is 5.73 Å². The molecular formula is C9H9BrClN3S. The van der Waals surface area contributed by atoms with Crippen LogP contribution in [-0.4, -0.2) is 16.6 Å². The zero-order valence-corrected chi connectivity index (χ0v) is 10.9. The third kappa shape index (κ3) is 3.22. The van der Waals surface area contributed by atoms with Crippen LogP contribution < -0.4 is 5.73 Å². The second kappa shape index (κ2) is 5.53. The summed E-state index contributed by atoms with van der Waals surface area (Å²) < 4.78 is 1.06. The topological polar surface area (TPSA) is 50.7 Å². The van der Waals surface area contributed by atoms with E-state index in [0.29, 0.717) is 5.17 Å². The van der Waals surface area contributed by atoms with Crippen LogP contribution in [0.25, 0.3) is 0 Å². The van der Waals surface area contributed by atoms with Gasteiger partial charge in [-0.05, 0) is 17.7 Å². The molecule has 80 valence electrons. The molecule has 0 unspecified atom stereocenters. The maximum atomic E-state index is 5.50. The molecule has 1 aromatic rings. The van der Waals surface area contributed by atoms with Gasteiger partial charge in [0.15, 0.2) is 5.17 Å². The lowest BCUT2D eigenvalue weighted by atomic mass is 10.1. The highest BCUT2D eigenvalue weighted by Crippen LogP contribution is 2.16. The van der Waals surface area contributed by atoms with Gasteiger partial charge in [-0.1, -0.05) is 39.8 Å². The summed E-state index contributed by atoms with van der Waals surface area (Å²) >= 11 is 4.90. The number of amidine groups is 1. The number of hydrogen-bond donors (Lipinski definition) is 1. The van der Waals surface area contributed by atoms with E-state index in [9.17, 15) is 0 Å². The molecule has 2 rings (SSSR count). The van der Waals surface area contributed by atoms with E-state index in [2.05, 4.69) is 26.1 Å². The highest BCUT2D eigenvalue weighted by atomic mass is 79.9. The minimum atomic E-state index is 0. The van der Waals surface area contributed by atoms with Gasteiger partial charge in [0.1, 0.15) is 0 Å². The molecule has 0 radical (unpaired) electrons. The van der Waals surface area contributed by atoms with Crippen LogP contribution in [0.2, 0.25) is 0 Å². The van der Waals surface area contributed by atoms with Crippen LogP contribution in [0.1, 0.15) is 5.56 Å². The summed E-state index contributed by atoms with van der Waals surface area (Å²) in [5, 5.41) is 8.43. The predicted molar refractivity (Wildman–Crippen MR) is 72.0 cm³/mol. The van der Waals surface area contributed by atoms with Gasteiger partial charge in [0, 0.05) is 10.2 Å². The van der Waals surface area contributed by atoms with Crippen molar-refractivity contribution in [3.8, 4) is 0 Å². The molecule has 0 amide bonds. The van der Waals surface area contributed by atoms with Crippen LogP contribution in [-0.2, 0) is 0 Å². The Kier molecular flexibility index (Phi) is 4.63. The van der Waals surface area contributed by atoms with E-state index >= 15 is 0 Å². The second-order valence-corrected chi connectivity index (χ2v) is 4.69. The lowest BCUT2D eigenvalue weighted by Gasteiger charge is -2.08. The molecule has 0 atom stereocenters. The maximum Gasteiger partial charge on any atom is 0.180 e. The Labute approximate surface area is 107 Å². The van der Waals surface area contributed by atoms with Crippen LogP contribution >= 0.6 is 40.1 Å². The number of nitrogens with zero attached hydrogens (tertiary/aromatic N) is 2. The Morgan fingerprint density at radius 2 is 1.87 bits per heavy atom. The minimum Gasteiger partial charge on any atom is -0.377 e. The Balaban J connectivity index is 0.00000112. The van der Waals surface area contributed by atoms with Crippen LogP contribution in [0.15, 0.2) is 38.9 Å². The highest BCUT2D eigenvalue weighted by molar-refractivity contribution is 9.10. The van der Waals surface area contributed by atoms with Gasteiger partial charge in [-0.15, -0.1) is 17.5 Å². The average Bonchev–Trinajstić information content (AvgIpc) is 2.21. The number of benzene rings is 1. The Morgan fingerprint density at radius 1 is 1.20 bits per heavy atom. The number of hydrogen-bond acceptors (Lipinski definition) is 4. The summed E-state index contributed by atoms with van der Waals surface area (Å²) in [6.07, 6.45) is 0. The summed E-state index contributed by atoms with van der Waals surface area (Å²) in [6, 6.07) is 8.01. The lowest BCUT2D eigenvalue weighted by Crippen LogP contribution is -2.16. The molecule has 1 aromatic carbocycles. The lowest BCUT2D eigenvalue weighted by molar-refractivity contribution is 1.22. The van der Waals surface area contributed by atoms with Crippen molar-refractivity contribution < 1.29 is 0 Å². The number of thioether (sulfide) groups is 1. The molecule has 2 N–H and O–H groups in total. The van der Waals surface area contributed by atoms with E-state index in [1.807, 2.05) is 24.3 Å². The zero-order valence-electron chi connectivity index (χ0n) is 7.68. The second-order valence-electron chi connectivity index (χ2n) is 2.78. The molecule has 0 spiro atoms. The summed E-state index contributed by atoms with van der Waals surface area (Å²) in [5.74, 6) is 0.789. The Bertz CT molecular complexity index is 402. The van der Waals surface area contributed by atoms with Gasteiger partial charge in [0.05, 0.1) is 5.71 Å². The predicted octanol–water partition coefficient (Wildman–Crippen LogP) is 2.64. The third-order valence-corrected chi connectivity index (χ3v) is 3.13. The van der Waals surface area contributed by atoms with Crippen LogP contribution in [0, 0.1) is 0 Å².